The number of hydroxylamine groups is 4. The maximum Gasteiger partial charge on any atom is 0.253 e. The standard InChI is InChI=1S/C6H13N2O3/c1-10-8(11-5-4-9)3-2-7-6-8/h6,9H,2-5H2,1H3/q+1. The number of aliphatic imine (C=N–C) groups is 1. The van der Waals surface area contributed by atoms with Crippen molar-refractivity contribution in [2.24, 2.45) is 4.99 Å². The summed E-state index contributed by atoms with van der Waals surface area (Å²) in [5.41, 5.74) is 0. The third kappa shape index (κ3) is 1.97. The maximum absolute atomic E-state index is 8.50. The number of rotatable bonds is 4. The van der Waals surface area contributed by atoms with E-state index in [1.807, 2.05) is 0 Å². The Morgan fingerprint density at radius 1 is 1.73 bits per heavy atom. The van der Waals surface area contributed by atoms with Crippen LogP contribution in [0, 0.1) is 0 Å². The molecule has 1 unspecified atom stereocenters. The molecule has 0 aromatic heterocycles. The maximum atomic E-state index is 8.50. The molecule has 1 aliphatic rings. The van der Waals surface area contributed by atoms with Crippen molar-refractivity contribution in [1.82, 2.24) is 0 Å². The third-order valence-electron chi connectivity index (χ3n) is 1.51. The molecule has 0 amide bonds. The van der Waals surface area contributed by atoms with Gasteiger partial charge in [0.05, 0.1) is 6.61 Å². The lowest BCUT2D eigenvalue weighted by atomic mass is 10.7. The Kier molecular flexibility index (Phi) is 2.95. The number of nitrogens with zero attached hydrogens (tertiary/aromatic N) is 2. The summed E-state index contributed by atoms with van der Waals surface area (Å²) in [5.74, 6) is 0. The molecule has 1 aliphatic heterocycles. The van der Waals surface area contributed by atoms with Crippen LogP contribution in [0.15, 0.2) is 4.99 Å². The average Bonchev–Trinajstić information content (AvgIpc) is 2.50. The summed E-state index contributed by atoms with van der Waals surface area (Å²) in [4.78, 5) is 14.2. The Labute approximate surface area is 65.4 Å². The minimum Gasteiger partial charge on any atom is -0.394 e. The van der Waals surface area contributed by atoms with Crippen molar-refractivity contribution in [3.05, 3.63) is 0 Å². The van der Waals surface area contributed by atoms with Crippen molar-refractivity contribution in [3.8, 4) is 0 Å². The molecule has 1 N–H and O–H groups in total. The molecule has 0 bridgehead atoms. The van der Waals surface area contributed by atoms with Gasteiger partial charge in [-0.05, 0) is 0 Å². The SMILES string of the molecule is CO[N+]1(OCCO)C=NCC1. The van der Waals surface area contributed by atoms with E-state index in [0.717, 1.165) is 0 Å². The van der Waals surface area contributed by atoms with Crippen molar-refractivity contribution < 1.29 is 19.6 Å². The smallest absolute Gasteiger partial charge is 0.253 e. The van der Waals surface area contributed by atoms with Crippen LogP contribution >= 0.6 is 0 Å². The number of quaternary nitrogens is 1. The highest BCUT2D eigenvalue weighted by Crippen LogP contribution is 2.09. The Balaban J connectivity index is 2.40. The molecule has 5 nitrogen and oxygen atoms in total. The van der Waals surface area contributed by atoms with E-state index in [0.29, 0.717) is 13.1 Å². The molecular weight excluding hydrogens is 148 g/mol. The number of hydrogen-bond acceptors (Lipinski definition) is 4. The highest BCUT2D eigenvalue weighted by Gasteiger charge is 2.32. The Hall–Kier alpha value is -0.490. The van der Waals surface area contributed by atoms with Gasteiger partial charge in [0.15, 0.2) is 6.54 Å². The predicted octanol–water partition coefficient (Wildman–Crippen LogP) is -0.670. The summed E-state index contributed by atoms with van der Waals surface area (Å²) in [6.45, 7) is 1.65. The summed E-state index contributed by atoms with van der Waals surface area (Å²) in [7, 11) is 1.55. The van der Waals surface area contributed by atoms with Crippen molar-refractivity contribution in [2.75, 3.05) is 33.4 Å². The molecule has 1 atom stereocenters. The fraction of sp³-hybridized carbons (Fsp3) is 0.833. The summed E-state index contributed by atoms with van der Waals surface area (Å²) >= 11 is 0. The van der Waals surface area contributed by atoms with Gasteiger partial charge in [0, 0.05) is 4.81 Å². The molecule has 0 aromatic carbocycles. The van der Waals surface area contributed by atoms with Crippen molar-refractivity contribution in [3.63, 3.8) is 0 Å². The van der Waals surface area contributed by atoms with Gasteiger partial charge >= 0.3 is 0 Å². The summed E-state index contributed by atoms with van der Waals surface area (Å²) < 4.78 is 0. The lowest BCUT2D eigenvalue weighted by Gasteiger charge is -2.21. The van der Waals surface area contributed by atoms with Crippen molar-refractivity contribution >= 4 is 6.34 Å². The molecular formula is C6H13N2O3+. The van der Waals surface area contributed by atoms with Gasteiger partial charge in [-0.3, -0.25) is 0 Å². The Morgan fingerprint density at radius 3 is 3.00 bits per heavy atom. The monoisotopic (exact) mass is 161 g/mol. The molecule has 5 heteroatoms. The van der Waals surface area contributed by atoms with E-state index >= 15 is 0 Å². The Bertz CT molecular complexity index is 151. The van der Waals surface area contributed by atoms with Crippen LogP contribution in [0.25, 0.3) is 0 Å². The first kappa shape index (κ1) is 8.61. The molecule has 0 aromatic rings. The second kappa shape index (κ2) is 3.77. The fourth-order valence-electron chi connectivity index (χ4n) is 0.921. The largest absolute Gasteiger partial charge is 0.394 e. The zero-order chi connectivity index (χ0) is 8.16. The van der Waals surface area contributed by atoms with E-state index in [2.05, 4.69) is 4.99 Å². The van der Waals surface area contributed by atoms with E-state index in [4.69, 9.17) is 14.8 Å². The van der Waals surface area contributed by atoms with Gasteiger partial charge in [0.1, 0.15) is 20.3 Å². The molecule has 1 rings (SSSR count). The highest BCUT2D eigenvalue weighted by molar-refractivity contribution is 5.46. The molecule has 0 saturated heterocycles. The van der Waals surface area contributed by atoms with Crippen molar-refractivity contribution in [1.29, 1.82) is 0 Å². The van der Waals surface area contributed by atoms with Gasteiger partial charge in [0.2, 0.25) is 0 Å². The molecule has 64 valence electrons. The molecule has 0 saturated carbocycles. The number of aliphatic hydroxyl groups is 1. The first-order valence-corrected chi connectivity index (χ1v) is 3.53. The Morgan fingerprint density at radius 2 is 2.55 bits per heavy atom. The minimum atomic E-state index is -0.0272. The van der Waals surface area contributed by atoms with E-state index < -0.39 is 0 Å². The van der Waals surface area contributed by atoms with Crippen LogP contribution in [0.4, 0.5) is 0 Å². The van der Waals surface area contributed by atoms with E-state index in [1.54, 1.807) is 13.4 Å². The van der Waals surface area contributed by atoms with E-state index in [9.17, 15) is 0 Å². The molecule has 0 aliphatic carbocycles. The van der Waals surface area contributed by atoms with Crippen LogP contribution in [0.3, 0.4) is 0 Å². The van der Waals surface area contributed by atoms with Gasteiger partial charge in [0.25, 0.3) is 6.34 Å². The normalized spacial score (nSPS) is 29.6. The van der Waals surface area contributed by atoms with Gasteiger partial charge in [-0.15, -0.1) is 0 Å². The first-order chi connectivity index (χ1) is 5.33. The van der Waals surface area contributed by atoms with Gasteiger partial charge < -0.3 is 5.11 Å². The lowest BCUT2D eigenvalue weighted by Crippen LogP contribution is -2.44. The molecule has 0 radical (unpaired) electrons. The van der Waals surface area contributed by atoms with Crippen LogP contribution in [0.2, 0.25) is 0 Å². The molecule has 0 fully saturated rings. The van der Waals surface area contributed by atoms with Gasteiger partial charge in [-0.25, -0.2) is 4.99 Å². The first-order valence-electron chi connectivity index (χ1n) is 3.53. The van der Waals surface area contributed by atoms with Crippen LogP contribution in [0.1, 0.15) is 0 Å². The quantitative estimate of drug-likeness (QED) is 0.556. The third-order valence-corrected chi connectivity index (χ3v) is 1.51. The van der Waals surface area contributed by atoms with Crippen LogP contribution < -0.4 is 0 Å². The second-order valence-corrected chi connectivity index (χ2v) is 2.21. The topological polar surface area (TPSA) is 51.0 Å². The zero-order valence-electron chi connectivity index (χ0n) is 6.56. The average molecular weight is 161 g/mol. The van der Waals surface area contributed by atoms with Gasteiger partial charge in [-0.2, -0.15) is 9.68 Å². The van der Waals surface area contributed by atoms with Crippen LogP contribution in [-0.4, -0.2) is 49.7 Å². The zero-order valence-corrected chi connectivity index (χ0v) is 6.56. The lowest BCUT2D eigenvalue weighted by molar-refractivity contribution is -1.18. The highest BCUT2D eigenvalue weighted by atomic mass is 17.0. The molecule has 1 heterocycles. The summed E-state index contributed by atoms with van der Waals surface area (Å²) in [5, 5.41) is 8.50. The predicted molar refractivity (Wildman–Crippen MR) is 38.5 cm³/mol. The fourth-order valence-corrected chi connectivity index (χ4v) is 0.921. The van der Waals surface area contributed by atoms with E-state index in [-0.39, 0.29) is 18.0 Å². The summed E-state index contributed by atoms with van der Waals surface area (Å²) in [6, 6.07) is 0. The van der Waals surface area contributed by atoms with Gasteiger partial charge in [-0.1, -0.05) is 0 Å². The molecule has 11 heavy (non-hydrogen) atoms. The summed E-state index contributed by atoms with van der Waals surface area (Å²) in [6.07, 6.45) is 1.59. The number of aliphatic hydroxyl groups excluding tert-OH is 1. The number of hydrogen-bond donors (Lipinski definition) is 1. The van der Waals surface area contributed by atoms with Crippen LogP contribution in [-0.2, 0) is 9.68 Å². The van der Waals surface area contributed by atoms with E-state index in [1.165, 1.54) is 0 Å². The van der Waals surface area contributed by atoms with Crippen LogP contribution in [0.5, 0.6) is 0 Å². The molecule has 0 spiro atoms. The second-order valence-electron chi connectivity index (χ2n) is 2.21. The minimum absolute atomic E-state index is 0.00278. The van der Waals surface area contributed by atoms with Crippen molar-refractivity contribution in [2.45, 2.75) is 0 Å².